The highest BCUT2D eigenvalue weighted by atomic mass is 16.7. The van der Waals surface area contributed by atoms with Crippen molar-refractivity contribution >= 4 is 29.8 Å². The van der Waals surface area contributed by atoms with Gasteiger partial charge in [0.2, 0.25) is 5.91 Å². The Morgan fingerprint density at radius 1 is 0.725 bits per heavy atom. The highest BCUT2D eigenvalue weighted by Crippen LogP contribution is 2.44. The molecular weight excluding hydrogens is 650 g/mol. The van der Waals surface area contributed by atoms with Crippen LogP contribution in [0.5, 0.6) is 0 Å². The molecular formula is C40H49N3O8. The van der Waals surface area contributed by atoms with Gasteiger partial charge in [0.05, 0.1) is 0 Å². The first kappa shape index (κ1) is 38.6. The average Bonchev–Trinajstić information content (AvgIpc) is 3.43. The van der Waals surface area contributed by atoms with Crippen molar-refractivity contribution < 1.29 is 38.3 Å². The van der Waals surface area contributed by atoms with Gasteiger partial charge in [-0.15, -0.1) is 0 Å². The third-order valence-corrected chi connectivity index (χ3v) is 9.14. The van der Waals surface area contributed by atoms with Gasteiger partial charge in [-0.25, -0.2) is 9.59 Å². The second kappa shape index (κ2) is 17.6. The summed E-state index contributed by atoms with van der Waals surface area (Å²) in [5.74, 6) is -4.60. The van der Waals surface area contributed by atoms with Crippen LogP contribution in [-0.4, -0.2) is 59.6 Å². The Labute approximate surface area is 300 Å². The lowest BCUT2D eigenvalue weighted by Crippen LogP contribution is -2.61. The Bertz CT molecular complexity index is 1650. The largest absolute Gasteiger partial charge is 0.459 e. The number of fused-ring (bicyclic) bond motifs is 3. The molecule has 4 rings (SSSR count). The number of hydrogen-bond donors (Lipinski definition) is 2. The Morgan fingerprint density at radius 2 is 1.29 bits per heavy atom. The minimum atomic E-state index is -1.35. The van der Waals surface area contributed by atoms with Gasteiger partial charge < -0.3 is 24.9 Å². The van der Waals surface area contributed by atoms with Crippen LogP contribution < -0.4 is 10.6 Å². The fraction of sp³-hybridized carbons (Fsp3) is 0.425. The van der Waals surface area contributed by atoms with Crippen LogP contribution in [0.1, 0.15) is 77.5 Å². The maximum Gasteiger partial charge on any atom is 0.407 e. The number of alkyl carbamates (subject to hydrolysis) is 1. The summed E-state index contributed by atoms with van der Waals surface area (Å²) >= 11 is 0. The molecule has 0 heterocycles. The van der Waals surface area contributed by atoms with Gasteiger partial charge >= 0.3 is 18.0 Å². The van der Waals surface area contributed by atoms with E-state index < -0.39 is 59.8 Å². The Balaban J connectivity index is 1.51. The molecule has 0 spiro atoms. The van der Waals surface area contributed by atoms with Crippen molar-refractivity contribution in [3.05, 3.63) is 95.6 Å². The smallest absolute Gasteiger partial charge is 0.407 e. The average molecular weight is 700 g/mol. The van der Waals surface area contributed by atoms with E-state index in [0.29, 0.717) is 6.42 Å². The van der Waals surface area contributed by atoms with Gasteiger partial charge in [0.1, 0.15) is 25.3 Å². The van der Waals surface area contributed by atoms with Crippen LogP contribution in [0.2, 0.25) is 0 Å². The van der Waals surface area contributed by atoms with Gasteiger partial charge in [0.15, 0.2) is 6.04 Å². The molecule has 0 saturated carbocycles. The lowest BCUT2D eigenvalue weighted by atomic mass is 9.95. The van der Waals surface area contributed by atoms with E-state index in [4.69, 9.17) is 14.3 Å². The van der Waals surface area contributed by atoms with Gasteiger partial charge in [0, 0.05) is 12.8 Å². The topological polar surface area (TPSA) is 140 Å². The van der Waals surface area contributed by atoms with Gasteiger partial charge in [-0.3, -0.25) is 14.4 Å². The molecule has 51 heavy (non-hydrogen) atoms. The number of esters is 1. The second-order valence-corrected chi connectivity index (χ2v) is 13.6. The van der Waals surface area contributed by atoms with Crippen LogP contribution in [0.15, 0.2) is 78.9 Å². The van der Waals surface area contributed by atoms with Crippen LogP contribution in [0.25, 0.3) is 11.1 Å². The molecule has 0 aliphatic heterocycles. The van der Waals surface area contributed by atoms with Crippen molar-refractivity contribution in [2.45, 2.75) is 85.5 Å². The van der Waals surface area contributed by atoms with Crippen molar-refractivity contribution in [2.75, 3.05) is 6.61 Å². The highest BCUT2D eigenvalue weighted by Gasteiger charge is 2.42. The van der Waals surface area contributed by atoms with Crippen LogP contribution in [0, 0.1) is 17.8 Å². The van der Waals surface area contributed by atoms with Crippen LogP contribution in [0.4, 0.5) is 4.79 Å². The molecule has 11 heteroatoms. The SMILES string of the molecule is CC[C@H](C)[C@H](NC(=O)OCC1c2ccccc2-c2ccccc21)C(=O)N(OC(C)=O)[C@@H](C(=O)N[C@H](C(=O)OCc1ccccc1)C(C)C)C(C)C. The second-order valence-electron chi connectivity index (χ2n) is 13.6. The molecule has 4 atom stereocenters. The van der Waals surface area contributed by atoms with E-state index in [1.54, 1.807) is 34.6 Å². The highest BCUT2D eigenvalue weighted by molar-refractivity contribution is 5.93. The zero-order valence-corrected chi connectivity index (χ0v) is 30.4. The molecule has 0 fully saturated rings. The van der Waals surface area contributed by atoms with Gasteiger partial charge in [-0.2, -0.15) is 5.06 Å². The number of rotatable bonds is 14. The Morgan fingerprint density at radius 3 is 1.82 bits per heavy atom. The van der Waals surface area contributed by atoms with E-state index in [0.717, 1.165) is 39.8 Å². The molecule has 11 nitrogen and oxygen atoms in total. The molecule has 1 aliphatic rings. The fourth-order valence-corrected chi connectivity index (χ4v) is 6.20. The summed E-state index contributed by atoms with van der Waals surface area (Å²) < 4.78 is 11.2. The molecule has 3 amide bonds. The maximum atomic E-state index is 14.3. The summed E-state index contributed by atoms with van der Waals surface area (Å²) in [6, 6.07) is 21.4. The molecule has 0 radical (unpaired) electrons. The van der Waals surface area contributed by atoms with Crippen molar-refractivity contribution in [1.82, 2.24) is 15.7 Å². The van der Waals surface area contributed by atoms with Crippen molar-refractivity contribution in [3.8, 4) is 11.1 Å². The lowest BCUT2D eigenvalue weighted by molar-refractivity contribution is -0.211. The van der Waals surface area contributed by atoms with Crippen LogP contribution in [0.3, 0.4) is 0 Å². The summed E-state index contributed by atoms with van der Waals surface area (Å²) in [5, 5.41) is 6.13. The third-order valence-electron chi connectivity index (χ3n) is 9.14. The number of ether oxygens (including phenoxy) is 2. The monoisotopic (exact) mass is 699 g/mol. The minimum absolute atomic E-state index is 0.0164. The summed E-state index contributed by atoms with van der Waals surface area (Å²) in [5.41, 5.74) is 5.02. The first-order chi connectivity index (χ1) is 24.3. The standard InChI is InChI=1S/C40H49N3O8/c1-8-26(6)35(42-40(48)50-23-33-31-20-14-12-18-29(31)30-19-13-15-21-32(30)33)38(46)43(51-27(7)44)36(25(4)5)37(45)41-34(24(2)3)39(47)49-22-28-16-10-9-11-17-28/h9-21,24-26,33-36H,8,22-23H2,1-7H3,(H,41,45)(H,42,48)/t26-,34-,35-,36+/m0/s1. The number of benzene rings is 3. The number of nitrogens with one attached hydrogen (secondary N) is 2. The number of nitrogens with zero attached hydrogens (tertiary/aromatic N) is 1. The zero-order chi connectivity index (χ0) is 37.2. The molecule has 2 N–H and O–H groups in total. The lowest BCUT2D eigenvalue weighted by Gasteiger charge is -2.35. The first-order valence-corrected chi connectivity index (χ1v) is 17.5. The summed E-state index contributed by atoms with van der Waals surface area (Å²) in [7, 11) is 0. The summed E-state index contributed by atoms with van der Waals surface area (Å²) in [4.78, 5) is 72.5. The van der Waals surface area contributed by atoms with Crippen molar-refractivity contribution in [1.29, 1.82) is 0 Å². The molecule has 0 unspecified atom stereocenters. The van der Waals surface area contributed by atoms with Gasteiger partial charge in [0.25, 0.3) is 5.91 Å². The van der Waals surface area contributed by atoms with Crippen LogP contribution in [-0.2, 0) is 40.1 Å². The maximum absolute atomic E-state index is 14.3. The first-order valence-electron chi connectivity index (χ1n) is 17.5. The van der Waals surface area contributed by atoms with Crippen molar-refractivity contribution in [2.24, 2.45) is 17.8 Å². The summed E-state index contributed by atoms with van der Waals surface area (Å²) in [6.07, 6.45) is -0.361. The predicted molar refractivity (Wildman–Crippen MR) is 192 cm³/mol. The Kier molecular flexibility index (Phi) is 13.4. The molecule has 0 saturated heterocycles. The number of hydroxylamine groups is 2. The molecule has 0 bridgehead atoms. The fourth-order valence-electron chi connectivity index (χ4n) is 6.20. The quantitative estimate of drug-likeness (QED) is 0.151. The van der Waals surface area contributed by atoms with E-state index in [1.165, 1.54) is 0 Å². The normalized spacial score (nSPS) is 14.4. The van der Waals surface area contributed by atoms with Crippen LogP contribution >= 0.6 is 0 Å². The number of amides is 3. The van der Waals surface area contributed by atoms with E-state index >= 15 is 0 Å². The van der Waals surface area contributed by atoms with Gasteiger partial charge in [-0.05, 0) is 45.6 Å². The van der Waals surface area contributed by atoms with E-state index in [9.17, 15) is 24.0 Å². The molecule has 272 valence electrons. The predicted octanol–water partition coefficient (Wildman–Crippen LogP) is 6.16. The third kappa shape index (κ3) is 9.53. The molecule has 3 aromatic carbocycles. The molecule has 1 aliphatic carbocycles. The Hall–Kier alpha value is -5.19. The molecule has 0 aromatic heterocycles. The zero-order valence-electron chi connectivity index (χ0n) is 30.4. The number of hydrogen-bond acceptors (Lipinski definition) is 8. The number of carbonyl (C=O) groups excluding carboxylic acids is 5. The number of carbonyl (C=O) groups is 5. The summed E-state index contributed by atoms with van der Waals surface area (Å²) in [6.45, 7) is 11.7. The van der Waals surface area contributed by atoms with E-state index in [-0.39, 0.29) is 25.0 Å². The van der Waals surface area contributed by atoms with Gasteiger partial charge in [-0.1, -0.05) is 127 Å². The van der Waals surface area contributed by atoms with E-state index in [2.05, 4.69) is 10.6 Å². The molecule has 3 aromatic rings. The van der Waals surface area contributed by atoms with Crippen molar-refractivity contribution in [3.63, 3.8) is 0 Å². The minimum Gasteiger partial charge on any atom is -0.459 e. The van der Waals surface area contributed by atoms with E-state index in [1.807, 2.05) is 85.8 Å².